The van der Waals surface area contributed by atoms with Crippen LogP contribution in [0, 0.1) is 0 Å². The van der Waals surface area contributed by atoms with Crippen molar-refractivity contribution in [3.05, 3.63) is 77.1 Å². The fourth-order valence-electron chi connectivity index (χ4n) is 1.84. The van der Waals surface area contributed by atoms with Crippen molar-refractivity contribution in [2.45, 2.75) is 6.61 Å². The summed E-state index contributed by atoms with van der Waals surface area (Å²) in [5.41, 5.74) is 2.53. The topological polar surface area (TPSA) is 47.6 Å². The van der Waals surface area contributed by atoms with Crippen LogP contribution in [0.1, 0.15) is 11.3 Å². The Balaban J connectivity index is 1.56. The number of nitrogens with zero attached hydrogens (tertiary/aromatic N) is 2. The summed E-state index contributed by atoms with van der Waals surface area (Å²) < 4.78 is 5.42. The molecule has 0 aliphatic rings. The molecule has 0 aliphatic heterocycles. The van der Waals surface area contributed by atoms with Gasteiger partial charge in [0.05, 0.1) is 6.21 Å². The van der Waals surface area contributed by atoms with Crippen LogP contribution in [0.5, 0.6) is 0 Å². The molecule has 0 radical (unpaired) electrons. The minimum absolute atomic E-state index is 0.250. The van der Waals surface area contributed by atoms with Gasteiger partial charge in [0.1, 0.15) is 12.0 Å². The molecule has 3 rings (SSSR count). The number of rotatable bonds is 5. The predicted molar refractivity (Wildman–Crippen MR) is 85.8 cm³/mol. The highest BCUT2D eigenvalue weighted by Crippen LogP contribution is 2.18. The average molecular weight is 313 g/mol. The Hall–Kier alpha value is -2.59. The molecule has 0 spiro atoms. The number of oxime groups is 1. The summed E-state index contributed by atoms with van der Waals surface area (Å²) in [7, 11) is 0. The number of aromatic nitrogens is 1. The van der Waals surface area contributed by atoms with E-state index in [1.165, 1.54) is 0 Å². The Morgan fingerprint density at radius 1 is 1.09 bits per heavy atom. The Morgan fingerprint density at radius 2 is 1.86 bits per heavy atom. The van der Waals surface area contributed by atoms with Gasteiger partial charge in [-0.25, -0.2) is 4.98 Å². The van der Waals surface area contributed by atoms with Gasteiger partial charge in [-0.1, -0.05) is 47.1 Å². The van der Waals surface area contributed by atoms with E-state index < -0.39 is 0 Å². The Morgan fingerprint density at radius 3 is 2.64 bits per heavy atom. The molecule has 0 saturated carbocycles. The fourth-order valence-corrected chi connectivity index (χ4v) is 1.96. The lowest BCUT2D eigenvalue weighted by Crippen LogP contribution is -1.89. The second kappa shape index (κ2) is 6.91. The first-order chi connectivity index (χ1) is 10.8. The third-order valence-electron chi connectivity index (χ3n) is 2.93. The molecule has 5 heteroatoms. The number of benzene rings is 2. The largest absolute Gasteiger partial charge is 0.444 e. The van der Waals surface area contributed by atoms with Gasteiger partial charge in [0, 0.05) is 10.6 Å². The maximum Gasteiger partial charge on any atom is 0.226 e. The van der Waals surface area contributed by atoms with Crippen molar-refractivity contribution in [3.63, 3.8) is 0 Å². The van der Waals surface area contributed by atoms with E-state index >= 15 is 0 Å². The van der Waals surface area contributed by atoms with Gasteiger partial charge in [-0.3, -0.25) is 0 Å². The SMILES string of the molecule is Clc1ccc(/C=N/OCc2coc(-c3ccccc3)n2)cc1. The van der Waals surface area contributed by atoms with Crippen molar-refractivity contribution in [2.24, 2.45) is 5.16 Å². The Kier molecular flexibility index (Phi) is 4.51. The molecular weight excluding hydrogens is 300 g/mol. The van der Waals surface area contributed by atoms with Crippen molar-refractivity contribution in [1.29, 1.82) is 0 Å². The van der Waals surface area contributed by atoms with Crippen LogP contribution in [0.2, 0.25) is 5.02 Å². The van der Waals surface area contributed by atoms with E-state index in [1.54, 1.807) is 24.6 Å². The molecule has 0 atom stereocenters. The van der Waals surface area contributed by atoms with Gasteiger partial charge in [-0.05, 0) is 29.8 Å². The summed E-state index contributed by atoms with van der Waals surface area (Å²) in [5, 5.41) is 4.59. The molecule has 0 N–H and O–H groups in total. The van der Waals surface area contributed by atoms with Crippen LogP contribution in [-0.2, 0) is 11.4 Å². The van der Waals surface area contributed by atoms with E-state index in [0.29, 0.717) is 16.6 Å². The van der Waals surface area contributed by atoms with Crippen LogP contribution in [-0.4, -0.2) is 11.2 Å². The lowest BCUT2D eigenvalue weighted by atomic mass is 10.2. The van der Waals surface area contributed by atoms with E-state index in [1.807, 2.05) is 42.5 Å². The standard InChI is InChI=1S/C17H13ClN2O2/c18-15-8-6-13(7-9-15)10-19-22-12-16-11-21-17(20-16)14-4-2-1-3-5-14/h1-11H,12H2/b19-10+. The lowest BCUT2D eigenvalue weighted by Gasteiger charge is -1.95. The van der Waals surface area contributed by atoms with Gasteiger partial charge in [0.25, 0.3) is 0 Å². The van der Waals surface area contributed by atoms with Crippen molar-refractivity contribution < 1.29 is 9.25 Å². The monoisotopic (exact) mass is 312 g/mol. The van der Waals surface area contributed by atoms with E-state index in [2.05, 4.69) is 10.1 Å². The third kappa shape index (κ3) is 3.74. The molecule has 1 aromatic heterocycles. The highest BCUT2D eigenvalue weighted by atomic mass is 35.5. The number of halogens is 1. The van der Waals surface area contributed by atoms with Crippen molar-refractivity contribution in [3.8, 4) is 11.5 Å². The molecule has 3 aromatic rings. The number of oxazole rings is 1. The molecule has 0 amide bonds. The highest BCUT2D eigenvalue weighted by molar-refractivity contribution is 6.30. The number of hydrogen-bond acceptors (Lipinski definition) is 4. The van der Waals surface area contributed by atoms with Gasteiger partial charge in [0.2, 0.25) is 5.89 Å². The lowest BCUT2D eigenvalue weighted by molar-refractivity contribution is 0.129. The van der Waals surface area contributed by atoms with E-state index in [4.69, 9.17) is 20.9 Å². The van der Waals surface area contributed by atoms with Crippen molar-refractivity contribution in [1.82, 2.24) is 4.98 Å². The first-order valence-electron chi connectivity index (χ1n) is 6.72. The molecule has 110 valence electrons. The quantitative estimate of drug-likeness (QED) is 0.513. The molecule has 22 heavy (non-hydrogen) atoms. The first kappa shape index (κ1) is 14.4. The van der Waals surface area contributed by atoms with Gasteiger partial charge < -0.3 is 9.25 Å². The maximum atomic E-state index is 5.81. The number of hydrogen-bond donors (Lipinski definition) is 0. The summed E-state index contributed by atoms with van der Waals surface area (Å²) >= 11 is 5.81. The molecule has 2 aromatic carbocycles. The second-order valence-electron chi connectivity index (χ2n) is 4.57. The first-order valence-corrected chi connectivity index (χ1v) is 7.10. The summed E-state index contributed by atoms with van der Waals surface area (Å²) in [5.74, 6) is 0.570. The van der Waals surface area contributed by atoms with Gasteiger partial charge in [-0.2, -0.15) is 0 Å². The molecule has 0 fully saturated rings. The smallest absolute Gasteiger partial charge is 0.226 e. The average Bonchev–Trinajstić information content (AvgIpc) is 3.03. The molecule has 0 aliphatic carbocycles. The minimum Gasteiger partial charge on any atom is -0.444 e. The molecule has 0 saturated heterocycles. The zero-order valence-electron chi connectivity index (χ0n) is 11.6. The zero-order valence-corrected chi connectivity index (χ0v) is 12.4. The minimum atomic E-state index is 0.250. The Bertz CT molecular complexity index is 752. The van der Waals surface area contributed by atoms with Gasteiger partial charge >= 0.3 is 0 Å². The van der Waals surface area contributed by atoms with E-state index in [-0.39, 0.29) is 6.61 Å². The fraction of sp³-hybridized carbons (Fsp3) is 0.0588. The maximum absolute atomic E-state index is 5.81. The Labute approximate surface area is 133 Å². The molecule has 4 nitrogen and oxygen atoms in total. The molecule has 0 bridgehead atoms. The van der Waals surface area contributed by atoms with Crippen LogP contribution in [0.15, 0.2) is 70.4 Å². The highest BCUT2D eigenvalue weighted by Gasteiger charge is 2.06. The van der Waals surface area contributed by atoms with Crippen LogP contribution >= 0.6 is 11.6 Å². The summed E-state index contributed by atoms with van der Waals surface area (Å²) in [6.07, 6.45) is 3.19. The van der Waals surface area contributed by atoms with Crippen LogP contribution in [0.3, 0.4) is 0 Å². The van der Waals surface area contributed by atoms with E-state index in [9.17, 15) is 0 Å². The van der Waals surface area contributed by atoms with Crippen LogP contribution in [0.25, 0.3) is 11.5 Å². The van der Waals surface area contributed by atoms with Crippen LogP contribution < -0.4 is 0 Å². The van der Waals surface area contributed by atoms with Crippen LogP contribution in [0.4, 0.5) is 0 Å². The normalized spacial score (nSPS) is 11.0. The summed E-state index contributed by atoms with van der Waals surface area (Å²) in [6, 6.07) is 17.0. The van der Waals surface area contributed by atoms with Gasteiger partial charge in [0.15, 0.2) is 6.61 Å². The molecule has 1 heterocycles. The second-order valence-corrected chi connectivity index (χ2v) is 5.01. The van der Waals surface area contributed by atoms with E-state index in [0.717, 1.165) is 11.1 Å². The predicted octanol–water partition coefficient (Wildman–Crippen LogP) is 4.55. The summed E-state index contributed by atoms with van der Waals surface area (Å²) in [4.78, 5) is 9.57. The molecular formula is C17H13ClN2O2. The van der Waals surface area contributed by atoms with Crippen molar-refractivity contribution in [2.75, 3.05) is 0 Å². The molecule has 0 unspecified atom stereocenters. The zero-order chi connectivity index (χ0) is 15.2. The third-order valence-corrected chi connectivity index (χ3v) is 3.18. The van der Waals surface area contributed by atoms with Crippen molar-refractivity contribution >= 4 is 17.8 Å². The van der Waals surface area contributed by atoms with Gasteiger partial charge in [-0.15, -0.1) is 0 Å². The summed E-state index contributed by atoms with van der Waals surface area (Å²) in [6.45, 7) is 0.250.